The number of carbonyl (C=O) groups is 1. The number of rotatable bonds is 3. The molecule has 3 heteroatoms. The zero-order valence-electron chi connectivity index (χ0n) is 10.8. The lowest BCUT2D eigenvalue weighted by molar-refractivity contribution is -0.131. The summed E-state index contributed by atoms with van der Waals surface area (Å²) in [4.78, 5) is 13.1. The highest BCUT2D eigenvalue weighted by atomic mass is 16.5. The van der Waals surface area contributed by atoms with E-state index in [1.807, 2.05) is 25.2 Å². The Morgan fingerprint density at radius 1 is 1.61 bits per heavy atom. The van der Waals surface area contributed by atoms with Crippen LogP contribution in [0.1, 0.15) is 30.5 Å². The predicted molar refractivity (Wildman–Crippen MR) is 70.3 cm³/mol. The van der Waals surface area contributed by atoms with E-state index in [1.54, 1.807) is 0 Å². The van der Waals surface area contributed by atoms with E-state index < -0.39 is 0 Å². The highest BCUT2D eigenvalue weighted by Crippen LogP contribution is 2.36. The van der Waals surface area contributed by atoms with Gasteiger partial charge in [-0.25, -0.2) is 0 Å². The minimum atomic E-state index is -0.290. The fourth-order valence-corrected chi connectivity index (χ4v) is 2.50. The Labute approximate surface area is 108 Å². The van der Waals surface area contributed by atoms with E-state index in [1.165, 1.54) is 18.1 Å². The van der Waals surface area contributed by atoms with Gasteiger partial charge in [-0.3, -0.25) is 9.69 Å². The number of nitrogens with zero attached hydrogens (tertiary/aromatic N) is 1. The van der Waals surface area contributed by atoms with Crippen molar-refractivity contribution in [2.45, 2.75) is 25.8 Å². The van der Waals surface area contributed by atoms with E-state index >= 15 is 0 Å². The van der Waals surface area contributed by atoms with Crippen LogP contribution in [0.2, 0.25) is 0 Å². The summed E-state index contributed by atoms with van der Waals surface area (Å²) in [6, 6.07) is 6.18. The molecular formula is C15H17NO2. The third-order valence-electron chi connectivity index (χ3n) is 3.30. The number of carbonyl (C=O) groups excluding carboxylic acids is 1. The molecule has 0 saturated carbocycles. The van der Waals surface area contributed by atoms with Gasteiger partial charge in [-0.1, -0.05) is 12.0 Å². The topological polar surface area (TPSA) is 29.5 Å². The lowest BCUT2D eigenvalue weighted by atomic mass is 10.1. The molecule has 0 amide bonds. The Kier molecular flexibility index (Phi) is 3.69. The molecule has 0 saturated heterocycles. The first kappa shape index (κ1) is 12.7. The number of aryl methyl sites for hydroxylation is 1. The molecular weight excluding hydrogens is 226 g/mol. The molecule has 1 aliphatic rings. The summed E-state index contributed by atoms with van der Waals surface area (Å²) in [5.41, 5.74) is 2.55. The van der Waals surface area contributed by atoms with Crippen molar-refractivity contribution < 1.29 is 9.53 Å². The van der Waals surface area contributed by atoms with Gasteiger partial charge in [0, 0.05) is 13.0 Å². The van der Waals surface area contributed by atoms with Gasteiger partial charge in [0.2, 0.25) is 0 Å². The van der Waals surface area contributed by atoms with E-state index in [0.29, 0.717) is 18.3 Å². The van der Waals surface area contributed by atoms with Gasteiger partial charge in [-0.15, -0.1) is 6.42 Å². The number of esters is 1. The third kappa shape index (κ3) is 2.55. The van der Waals surface area contributed by atoms with Crippen LogP contribution in [0.3, 0.4) is 0 Å². The molecule has 1 aromatic carbocycles. The number of ether oxygens (including phenoxy) is 1. The van der Waals surface area contributed by atoms with Crippen molar-refractivity contribution in [2.24, 2.45) is 0 Å². The second-order valence-corrected chi connectivity index (χ2v) is 4.63. The Morgan fingerprint density at radius 3 is 3.06 bits per heavy atom. The first-order chi connectivity index (χ1) is 8.61. The van der Waals surface area contributed by atoms with Crippen LogP contribution in [-0.4, -0.2) is 24.5 Å². The molecule has 0 bridgehead atoms. The first-order valence-corrected chi connectivity index (χ1v) is 6.06. The molecule has 2 rings (SSSR count). The van der Waals surface area contributed by atoms with Crippen molar-refractivity contribution in [3.8, 4) is 18.1 Å². The number of benzene rings is 1. The maximum Gasteiger partial charge on any atom is 0.308 e. The molecule has 94 valence electrons. The van der Waals surface area contributed by atoms with E-state index in [2.05, 4.69) is 10.8 Å². The molecule has 0 fully saturated rings. The van der Waals surface area contributed by atoms with Gasteiger partial charge in [0.15, 0.2) is 0 Å². The lowest BCUT2D eigenvalue weighted by Gasteiger charge is -2.23. The van der Waals surface area contributed by atoms with E-state index in [0.717, 1.165) is 12.8 Å². The highest BCUT2D eigenvalue weighted by Gasteiger charge is 2.26. The van der Waals surface area contributed by atoms with E-state index in [-0.39, 0.29) is 5.97 Å². The predicted octanol–water partition coefficient (Wildman–Crippen LogP) is 2.16. The number of terminal acetylenes is 1. The van der Waals surface area contributed by atoms with Crippen molar-refractivity contribution in [2.75, 3.05) is 13.6 Å². The summed E-state index contributed by atoms with van der Waals surface area (Å²) in [6.07, 6.45) is 7.47. The quantitative estimate of drug-likeness (QED) is 0.463. The zero-order valence-corrected chi connectivity index (χ0v) is 10.8. The minimum Gasteiger partial charge on any atom is -0.427 e. The first-order valence-electron chi connectivity index (χ1n) is 6.06. The van der Waals surface area contributed by atoms with Crippen molar-refractivity contribution in [1.82, 2.24) is 4.90 Å². The lowest BCUT2D eigenvalue weighted by Crippen LogP contribution is -2.23. The number of hydrogen-bond acceptors (Lipinski definition) is 3. The number of fused-ring (bicyclic) bond motifs is 1. The highest BCUT2D eigenvalue weighted by molar-refractivity contribution is 5.69. The van der Waals surface area contributed by atoms with Crippen LogP contribution < -0.4 is 4.74 Å². The van der Waals surface area contributed by atoms with Gasteiger partial charge < -0.3 is 4.74 Å². The van der Waals surface area contributed by atoms with Crippen LogP contribution in [0.4, 0.5) is 0 Å². The van der Waals surface area contributed by atoms with Crippen LogP contribution in [0.5, 0.6) is 5.75 Å². The smallest absolute Gasteiger partial charge is 0.308 e. The fraction of sp³-hybridized carbons (Fsp3) is 0.400. The van der Waals surface area contributed by atoms with Crippen molar-refractivity contribution in [1.29, 1.82) is 0 Å². The van der Waals surface area contributed by atoms with Crippen LogP contribution in [0.15, 0.2) is 18.2 Å². The Bertz CT molecular complexity index is 502. The van der Waals surface area contributed by atoms with Crippen LogP contribution in [0.25, 0.3) is 0 Å². The average Bonchev–Trinajstić information content (AvgIpc) is 2.71. The minimum absolute atomic E-state index is 0.290. The summed E-state index contributed by atoms with van der Waals surface area (Å²) in [6.45, 7) is 2.04. The Morgan fingerprint density at radius 2 is 2.39 bits per heavy atom. The molecule has 1 aliphatic carbocycles. The van der Waals surface area contributed by atoms with Gasteiger partial charge in [-0.2, -0.15) is 0 Å². The standard InChI is InChI=1S/C15H17NO2/c1-4-9-16(3)15-8-6-12-5-7-13(10-14(12)15)18-11(2)17/h1,5,7,10,15H,6,8-9H2,2-3H3. The molecule has 1 unspecified atom stereocenters. The van der Waals surface area contributed by atoms with Gasteiger partial charge in [0.25, 0.3) is 0 Å². The molecule has 0 radical (unpaired) electrons. The van der Waals surface area contributed by atoms with Crippen molar-refractivity contribution >= 4 is 5.97 Å². The summed E-state index contributed by atoms with van der Waals surface area (Å²) in [5, 5.41) is 0. The molecule has 18 heavy (non-hydrogen) atoms. The summed E-state index contributed by atoms with van der Waals surface area (Å²) in [5.74, 6) is 2.99. The Hall–Kier alpha value is -1.79. The molecule has 0 aromatic heterocycles. The van der Waals surface area contributed by atoms with Crippen molar-refractivity contribution in [3.05, 3.63) is 29.3 Å². The van der Waals surface area contributed by atoms with Crippen LogP contribution in [0, 0.1) is 12.3 Å². The summed E-state index contributed by atoms with van der Waals surface area (Å²) in [7, 11) is 2.03. The van der Waals surface area contributed by atoms with E-state index in [9.17, 15) is 4.79 Å². The maximum absolute atomic E-state index is 11.0. The van der Waals surface area contributed by atoms with Crippen LogP contribution in [-0.2, 0) is 11.2 Å². The van der Waals surface area contributed by atoms with E-state index in [4.69, 9.17) is 11.2 Å². The largest absolute Gasteiger partial charge is 0.427 e. The Balaban J connectivity index is 2.25. The molecule has 0 aliphatic heterocycles. The summed E-state index contributed by atoms with van der Waals surface area (Å²) >= 11 is 0. The molecule has 3 nitrogen and oxygen atoms in total. The average molecular weight is 243 g/mol. The van der Waals surface area contributed by atoms with Gasteiger partial charge in [0.05, 0.1) is 6.54 Å². The van der Waals surface area contributed by atoms with Gasteiger partial charge in [0.1, 0.15) is 5.75 Å². The second-order valence-electron chi connectivity index (χ2n) is 4.63. The number of hydrogen-bond donors (Lipinski definition) is 0. The normalized spacial score (nSPS) is 17.3. The zero-order chi connectivity index (χ0) is 13.1. The van der Waals surface area contributed by atoms with Gasteiger partial charge in [-0.05, 0) is 43.1 Å². The monoisotopic (exact) mass is 243 g/mol. The fourth-order valence-electron chi connectivity index (χ4n) is 2.50. The van der Waals surface area contributed by atoms with Crippen molar-refractivity contribution in [3.63, 3.8) is 0 Å². The van der Waals surface area contributed by atoms with Crippen LogP contribution >= 0.6 is 0 Å². The summed E-state index contributed by atoms with van der Waals surface area (Å²) < 4.78 is 5.13. The van der Waals surface area contributed by atoms with Gasteiger partial charge >= 0.3 is 5.97 Å². The SMILES string of the molecule is C#CCN(C)C1CCc2ccc(OC(C)=O)cc21. The molecule has 0 spiro atoms. The molecule has 0 heterocycles. The molecule has 1 aromatic rings. The maximum atomic E-state index is 11.0. The molecule has 1 atom stereocenters. The second kappa shape index (κ2) is 5.24. The molecule has 0 N–H and O–H groups in total. The third-order valence-corrected chi connectivity index (χ3v) is 3.30.